The first-order valence-electron chi connectivity index (χ1n) is 12.5. The first-order valence-corrected chi connectivity index (χ1v) is 12.5. The maximum atomic E-state index is 13.5. The van der Waals surface area contributed by atoms with Crippen LogP contribution in [-0.4, -0.2) is 40.3 Å². The maximum absolute atomic E-state index is 13.5. The number of carbonyl (C=O) groups excluding carboxylic acids is 2. The summed E-state index contributed by atoms with van der Waals surface area (Å²) < 4.78 is 46.5. The third-order valence-electron chi connectivity index (χ3n) is 7.59. The fraction of sp³-hybridized carbons (Fsp3) is 0.393. The van der Waals surface area contributed by atoms with Crippen molar-refractivity contribution in [2.24, 2.45) is 5.92 Å². The number of nitrogens with zero attached hydrogens (tertiary/aromatic N) is 1. The Labute approximate surface area is 217 Å². The van der Waals surface area contributed by atoms with Crippen molar-refractivity contribution >= 4 is 22.7 Å². The second kappa shape index (κ2) is 9.99. The summed E-state index contributed by atoms with van der Waals surface area (Å²) >= 11 is 0. The Morgan fingerprint density at radius 3 is 2.58 bits per heavy atom. The normalized spacial score (nSPS) is 23.2. The zero-order valence-corrected chi connectivity index (χ0v) is 20.8. The molecule has 2 fully saturated rings. The minimum atomic E-state index is -4.51. The van der Waals surface area contributed by atoms with Crippen molar-refractivity contribution < 1.29 is 32.7 Å². The standard InChI is InChI=1S/C28H28F3N3O4/c1-16-12-19(20-4-2-5-22(24(20)32-16)28(29,30)31)13-17-6-8-18(9-7-17)25(35)33-23-15-27(10-3-11-38-27)14-21(23)26(36)34-37/h2,4-9,12,21,23,37H,3,10-11,13-15H2,1H3,(H,33,35)(H,34,36)/t21-,23+,27+/m0/s1. The van der Waals surface area contributed by atoms with Gasteiger partial charge in [-0.05, 0) is 74.4 Å². The third kappa shape index (κ3) is 5.10. The first kappa shape index (κ1) is 26.1. The molecule has 1 saturated carbocycles. The second-order valence-corrected chi connectivity index (χ2v) is 10.2. The van der Waals surface area contributed by atoms with Gasteiger partial charge in [-0.25, -0.2) is 5.48 Å². The molecule has 3 aromatic rings. The van der Waals surface area contributed by atoms with Gasteiger partial charge in [-0.3, -0.25) is 19.8 Å². The molecule has 0 unspecified atom stereocenters. The molecule has 10 heteroatoms. The molecule has 200 valence electrons. The van der Waals surface area contributed by atoms with Crippen LogP contribution in [0.1, 0.15) is 58.4 Å². The Balaban J connectivity index is 1.33. The molecule has 38 heavy (non-hydrogen) atoms. The number of ether oxygens (including phenoxy) is 1. The number of halogens is 3. The quantitative estimate of drug-likeness (QED) is 0.330. The van der Waals surface area contributed by atoms with Gasteiger partial charge in [0, 0.05) is 29.3 Å². The van der Waals surface area contributed by atoms with Crippen LogP contribution >= 0.6 is 0 Å². The van der Waals surface area contributed by atoms with Gasteiger partial charge in [0.1, 0.15) is 0 Å². The highest BCUT2D eigenvalue weighted by molar-refractivity contribution is 5.95. The Bertz CT molecular complexity index is 1370. The van der Waals surface area contributed by atoms with Crippen LogP contribution in [0.3, 0.4) is 0 Å². The number of amides is 2. The van der Waals surface area contributed by atoms with Crippen LogP contribution in [0, 0.1) is 12.8 Å². The van der Waals surface area contributed by atoms with Gasteiger partial charge in [-0.2, -0.15) is 13.2 Å². The summed E-state index contributed by atoms with van der Waals surface area (Å²) in [6, 6.07) is 12.2. The molecule has 1 aliphatic heterocycles. The summed E-state index contributed by atoms with van der Waals surface area (Å²) in [5, 5.41) is 12.5. The molecule has 3 atom stereocenters. The van der Waals surface area contributed by atoms with Crippen LogP contribution in [0.25, 0.3) is 10.9 Å². The van der Waals surface area contributed by atoms with Crippen LogP contribution in [0.5, 0.6) is 0 Å². The molecular weight excluding hydrogens is 499 g/mol. The highest BCUT2D eigenvalue weighted by Crippen LogP contribution is 2.44. The largest absolute Gasteiger partial charge is 0.418 e. The average molecular weight is 528 g/mol. The highest BCUT2D eigenvalue weighted by atomic mass is 19.4. The van der Waals surface area contributed by atoms with Crippen molar-refractivity contribution in [1.82, 2.24) is 15.8 Å². The molecule has 2 aromatic carbocycles. The fourth-order valence-electron chi connectivity index (χ4n) is 5.84. The number of carbonyl (C=O) groups is 2. The van der Waals surface area contributed by atoms with E-state index in [4.69, 9.17) is 4.74 Å². The number of rotatable bonds is 5. The second-order valence-electron chi connectivity index (χ2n) is 10.2. The van der Waals surface area contributed by atoms with Crippen LogP contribution in [0.15, 0.2) is 48.5 Å². The van der Waals surface area contributed by atoms with Crippen molar-refractivity contribution in [3.05, 3.63) is 76.5 Å². The number of para-hydroxylation sites is 1. The zero-order chi connectivity index (χ0) is 27.1. The summed E-state index contributed by atoms with van der Waals surface area (Å²) in [5.74, 6) is -1.51. The number of aromatic nitrogens is 1. The van der Waals surface area contributed by atoms with E-state index in [1.165, 1.54) is 6.07 Å². The topological polar surface area (TPSA) is 101 Å². The average Bonchev–Trinajstić information content (AvgIpc) is 3.49. The number of hydrogen-bond donors (Lipinski definition) is 3. The van der Waals surface area contributed by atoms with E-state index < -0.39 is 35.2 Å². The van der Waals surface area contributed by atoms with Gasteiger partial charge in [0.25, 0.3) is 5.91 Å². The molecule has 0 bridgehead atoms. The number of fused-ring (bicyclic) bond motifs is 1. The predicted molar refractivity (Wildman–Crippen MR) is 133 cm³/mol. The zero-order valence-electron chi connectivity index (χ0n) is 20.8. The minimum Gasteiger partial charge on any atom is -0.375 e. The highest BCUT2D eigenvalue weighted by Gasteiger charge is 2.51. The van der Waals surface area contributed by atoms with Crippen molar-refractivity contribution in [1.29, 1.82) is 0 Å². The van der Waals surface area contributed by atoms with Crippen molar-refractivity contribution in [2.75, 3.05) is 6.61 Å². The molecule has 3 N–H and O–H groups in total. The van der Waals surface area contributed by atoms with Crippen molar-refractivity contribution in [2.45, 2.75) is 56.8 Å². The lowest BCUT2D eigenvalue weighted by atomic mass is 9.96. The van der Waals surface area contributed by atoms with Gasteiger partial charge < -0.3 is 10.1 Å². The summed E-state index contributed by atoms with van der Waals surface area (Å²) in [6.07, 6.45) is -1.53. The number of nitrogens with one attached hydrogen (secondary N) is 2. The maximum Gasteiger partial charge on any atom is 0.418 e. The first-order chi connectivity index (χ1) is 18.1. The Morgan fingerprint density at radius 2 is 1.92 bits per heavy atom. The number of pyridine rings is 1. The van der Waals surface area contributed by atoms with Crippen molar-refractivity contribution in [3.63, 3.8) is 0 Å². The van der Waals surface area contributed by atoms with Gasteiger partial charge >= 0.3 is 6.18 Å². The predicted octanol–water partition coefficient (Wildman–Crippen LogP) is 4.72. The molecule has 5 rings (SSSR count). The van der Waals surface area contributed by atoms with Crippen LogP contribution in [0.4, 0.5) is 13.2 Å². The SMILES string of the molecule is Cc1cc(Cc2ccc(C(=O)N[C@@H]3C[C@@]4(CCCO4)C[C@@H]3C(=O)NO)cc2)c2cccc(C(F)(F)F)c2n1. The third-order valence-corrected chi connectivity index (χ3v) is 7.59. The fourth-order valence-corrected chi connectivity index (χ4v) is 5.84. The number of hydroxylamine groups is 1. The number of benzene rings is 2. The van der Waals surface area contributed by atoms with Gasteiger partial charge in [0.2, 0.25) is 5.91 Å². The molecule has 1 spiro atoms. The Morgan fingerprint density at radius 1 is 1.16 bits per heavy atom. The number of hydrogen-bond acceptors (Lipinski definition) is 5. The smallest absolute Gasteiger partial charge is 0.375 e. The molecule has 1 aromatic heterocycles. The van der Waals surface area contributed by atoms with Gasteiger partial charge in [0.05, 0.1) is 22.6 Å². The number of aryl methyl sites for hydroxylation is 1. The van der Waals surface area contributed by atoms with Crippen molar-refractivity contribution in [3.8, 4) is 0 Å². The molecular formula is C28H28F3N3O4. The van der Waals surface area contributed by atoms with E-state index in [0.29, 0.717) is 48.1 Å². The van der Waals surface area contributed by atoms with Crippen LogP contribution < -0.4 is 10.8 Å². The lowest BCUT2D eigenvalue weighted by molar-refractivity contribution is -0.136. The monoisotopic (exact) mass is 527 g/mol. The van der Waals surface area contributed by atoms with E-state index in [-0.39, 0.29) is 11.4 Å². The summed E-state index contributed by atoms with van der Waals surface area (Å²) in [4.78, 5) is 29.4. The van der Waals surface area contributed by atoms with E-state index in [1.54, 1.807) is 48.8 Å². The lowest BCUT2D eigenvalue weighted by Gasteiger charge is -2.22. The van der Waals surface area contributed by atoms with E-state index >= 15 is 0 Å². The van der Waals surface area contributed by atoms with Gasteiger partial charge in [0.15, 0.2) is 0 Å². The van der Waals surface area contributed by atoms with Gasteiger partial charge in [-0.15, -0.1) is 0 Å². The molecule has 0 radical (unpaired) electrons. The molecule has 2 amide bonds. The molecule has 1 saturated heterocycles. The molecule has 1 aliphatic carbocycles. The molecule has 7 nitrogen and oxygen atoms in total. The van der Waals surface area contributed by atoms with E-state index in [9.17, 15) is 28.0 Å². The van der Waals surface area contributed by atoms with Crippen LogP contribution in [-0.2, 0) is 22.1 Å². The number of alkyl halides is 3. The van der Waals surface area contributed by atoms with Crippen LogP contribution in [0.2, 0.25) is 0 Å². The molecule has 2 aliphatic rings. The van der Waals surface area contributed by atoms with Gasteiger partial charge in [-0.1, -0.05) is 24.3 Å². The Kier molecular flexibility index (Phi) is 6.87. The minimum absolute atomic E-state index is 0.0759. The summed E-state index contributed by atoms with van der Waals surface area (Å²) in [6.45, 7) is 2.27. The van der Waals surface area contributed by atoms with E-state index in [1.807, 2.05) is 0 Å². The van der Waals surface area contributed by atoms with E-state index in [2.05, 4.69) is 10.3 Å². The summed E-state index contributed by atoms with van der Waals surface area (Å²) in [7, 11) is 0. The van der Waals surface area contributed by atoms with E-state index in [0.717, 1.165) is 24.5 Å². The lowest BCUT2D eigenvalue weighted by Crippen LogP contribution is -2.43. The summed E-state index contributed by atoms with van der Waals surface area (Å²) in [5.41, 5.74) is 2.81. The molecule has 2 heterocycles. The Hall–Kier alpha value is -3.50.